The van der Waals surface area contributed by atoms with Crippen molar-refractivity contribution < 1.29 is 19.4 Å². The van der Waals surface area contributed by atoms with Crippen molar-refractivity contribution in [3.05, 3.63) is 53.9 Å². The van der Waals surface area contributed by atoms with Crippen LogP contribution in [0.25, 0.3) is 16.7 Å². The molecule has 0 saturated carbocycles. The number of carbonyl (C=O) groups is 1. The number of piperazine rings is 1. The van der Waals surface area contributed by atoms with E-state index in [2.05, 4.69) is 45.6 Å². The van der Waals surface area contributed by atoms with E-state index in [0.29, 0.717) is 5.52 Å². The highest BCUT2D eigenvalue weighted by atomic mass is 16.5. The van der Waals surface area contributed by atoms with Crippen LogP contribution in [0.4, 0.5) is 5.69 Å². The number of methoxy groups -OCH3 is 1. The van der Waals surface area contributed by atoms with Gasteiger partial charge in [0.15, 0.2) is 0 Å². The summed E-state index contributed by atoms with van der Waals surface area (Å²) in [6.45, 7) is 10.5. The standard InChI is InChI=1S/C25H32N4O4/c1-5-33-18(3)27-11-13-28(14-12-27)20-7-6-8-21(16-20)29-23-10-9-19(25(30)31)15-22(23)26-24(29)17(2)32-4/h6-10,15-18H,5,11-14H2,1-4H3,(H,30,31). The van der Waals surface area contributed by atoms with Gasteiger partial charge in [0, 0.05) is 51.3 Å². The molecular formula is C25H32N4O4. The van der Waals surface area contributed by atoms with E-state index >= 15 is 0 Å². The van der Waals surface area contributed by atoms with Crippen molar-refractivity contribution in [2.75, 3.05) is 44.8 Å². The molecule has 1 saturated heterocycles. The number of hydrogen-bond acceptors (Lipinski definition) is 6. The van der Waals surface area contributed by atoms with Crippen LogP contribution >= 0.6 is 0 Å². The average Bonchev–Trinajstić information content (AvgIpc) is 3.22. The largest absolute Gasteiger partial charge is 0.478 e. The van der Waals surface area contributed by atoms with E-state index in [1.54, 1.807) is 19.2 Å². The molecule has 1 aliphatic heterocycles. The maximum atomic E-state index is 11.4. The monoisotopic (exact) mass is 452 g/mol. The minimum Gasteiger partial charge on any atom is -0.478 e. The Bertz CT molecular complexity index is 1120. The molecule has 0 bridgehead atoms. The lowest BCUT2D eigenvalue weighted by atomic mass is 10.2. The van der Waals surface area contributed by atoms with Crippen molar-refractivity contribution in [2.24, 2.45) is 0 Å². The van der Waals surface area contributed by atoms with Gasteiger partial charge in [0.25, 0.3) is 0 Å². The molecule has 2 heterocycles. The summed E-state index contributed by atoms with van der Waals surface area (Å²) in [6.07, 6.45) is -0.118. The van der Waals surface area contributed by atoms with Crippen LogP contribution in [0, 0.1) is 0 Å². The van der Waals surface area contributed by atoms with Gasteiger partial charge in [-0.3, -0.25) is 9.47 Å². The zero-order chi connectivity index (χ0) is 23.5. The number of aromatic nitrogens is 2. The first-order valence-electron chi connectivity index (χ1n) is 11.4. The van der Waals surface area contributed by atoms with Crippen LogP contribution in [-0.2, 0) is 9.47 Å². The molecule has 0 aliphatic carbocycles. The molecule has 1 fully saturated rings. The molecule has 176 valence electrons. The number of carboxylic acid groups (broad SMARTS) is 1. The molecule has 8 heteroatoms. The van der Waals surface area contributed by atoms with E-state index in [1.807, 2.05) is 19.9 Å². The first-order valence-corrected chi connectivity index (χ1v) is 11.4. The summed E-state index contributed by atoms with van der Waals surface area (Å²) in [5, 5.41) is 9.38. The zero-order valence-electron chi connectivity index (χ0n) is 19.7. The fourth-order valence-electron chi connectivity index (χ4n) is 4.40. The van der Waals surface area contributed by atoms with Gasteiger partial charge in [-0.15, -0.1) is 0 Å². The van der Waals surface area contributed by atoms with Gasteiger partial charge in [-0.2, -0.15) is 0 Å². The Morgan fingerprint density at radius 3 is 2.48 bits per heavy atom. The number of rotatable bonds is 8. The van der Waals surface area contributed by atoms with Crippen molar-refractivity contribution in [3.63, 3.8) is 0 Å². The Labute approximate surface area is 194 Å². The Balaban J connectivity index is 1.67. The molecule has 2 aromatic carbocycles. The highest BCUT2D eigenvalue weighted by Crippen LogP contribution is 2.29. The molecule has 3 aromatic rings. The number of ether oxygens (including phenoxy) is 2. The molecule has 1 N–H and O–H groups in total. The van der Waals surface area contributed by atoms with Gasteiger partial charge in [-0.1, -0.05) is 6.07 Å². The lowest BCUT2D eigenvalue weighted by molar-refractivity contribution is -0.0440. The number of fused-ring (bicyclic) bond motifs is 1. The van der Waals surface area contributed by atoms with Gasteiger partial charge < -0.3 is 19.5 Å². The maximum Gasteiger partial charge on any atom is 0.335 e. The normalized spacial score (nSPS) is 16.8. The molecule has 4 rings (SSSR count). The predicted octanol–water partition coefficient (Wildman–Crippen LogP) is 3.94. The summed E-state index contributed by atoms with van der Waals surface area (Å²) < 4.78 is 13.4. The van der Waals surface area contributed by atoms with Crippen LogP contribution in [-0.4, -0.2) is 71.7 Å². The number of aromatic carboxylic acids is 1. The molecule has 0 amide bonds. The SMILES string of the molecule is CCOC(C)N1CCN(c2cccc(-n3c(C(C)OC)nc4cc(C(=O)O)ccc43)c2)CC1. The summed E-state index contributed by atoms with van der Waals surface area (Å²) in [4.78, 5) is 20.9. The molecule has 2 unspecified atom stereocenters. The molecular weight excluding hydrogens is 420 g/mol. The third-order valence-corrected chi connectivity index (χ3v) is 6.33. The van der Waals surface area contributed by atoms with Crippen molar-refractivity contribution in [1.29, 1.82) is 0 Å². The molecule has 1 aliphatic rings. The third-order valence-electron chi connectivity index (χ3n) is 6.33. The number of carboxylic acids is 1. The number of hydrogen-bond donors (Lipinski definition) is 1. The van der Waals surface area contributed by atoms with Gasteiger partial charge in [0.2, 0.25) is 0 Å². The quantitative estimate of drug-likeness (QED) is 0.555. The minimum absolute atomic E-state index is 0.134. The van der Waals surface area contributed by atoms with Crippen molar-refractivity contribution in [2.45, 2.75) is 33.1 Å². The highest BCUT2D eigenvalue weighted by Gasteiger charge is 2.23. The summed E-state index contributed by atoms with van der Waals surface area (Å²) in [5.74, 6) is -0.227. The molecule has 1 aromatic heterocycles. The van der Waals surface area contributed by atoms with Gasteiger partial charge in [0.05, 0.1) is 16.6 Å². The van der Waals surface area contributed by atoms with Gasteiger partial charge >= 0.3 is 5.97 Å². The first kappa shape index (κ1) is 23.2. The molecule has 8 nitrogen and oxygen atoms in total. The predicted molar refractivity (Wildman–Crippen MR) is 128 cm³/mol. The van der Waals surface area contributed by atoms with E-state index < -0.39 is 5.97 Å². The second-order valence-electron chi connectivity index (χ2n) is 8.29. The van der Waals surface area contributed by atoms with Crippen LogP contribution in [0.5, 0.6) is 0 Å². The van der Waals surface area contributed by atoms with Crippen LogP contribution in [0.15, 0.2) is 42.5 Å². The second kappa shape index (κ2) is 9.91. The van der Waals surface area contributed by atoms with E-state index in [9.17, 15) is 9.90 Å². The Kier molecular flexibility index (Phi) is 6.97. The van der Waals surface area contributed by atoms with Gasteiger partial charge in [-0.05, 0) is 57.2 Å². The summed E-state index contributed by atoms with van der Waals surface area (Å²) in [5.41, 5.74) is 3.83. The van der Waals surface area contributed by atoms with Gasteiger partial charge in [0.1, 0.15) is 18.2 Å². The number of nitrogens with zero attached hydrogens (tertiary/aromatic N) is 4. The molecule has 0 spiro atoms. The molecule has 0 radical (unpaired) electrons. The zero-order valence-corrected chi connectivity index (χ0v) is 19.7. The van der Waals surface area contributed by atoms with Crippen molar-refractivity contribution in [3.8, 4) is 5.69 Å². The average molecular weight is 453 g/mol. The van der Waals surface area contributed by atoms with Crippen LogP contribution < -0.4 is 4.90 Å². The summed E-state index contributed by atoms with van der Waals surface area (Å²) in [6, 6.07) is 13.5. The lowest BCUT2D eigenvalue weighted by Gasteiger charge is -2.38. The Hall–Kier alpha value is -2.94. The summed E-state index contributed by atoms with van der Waals surface area (Å²) in [7, 11) is 1.65. The van der Waals surface area contributed by atoms with Crippen LogP contribution in [0.3, 0.4) is 0 Å². The van der Waals surface area contributed by atoms with Crippen LogP contribution in [0.2, 0.25) is 0 Å². The maximum absolute atomic E-state index is 11.4. The van der Waals surface area contributed by atoms with Crippen molar-refractivity contribution >= 4 is 22.7 Å². The minimum atomic E-state index is -0.965. The van der Waals surface area contributed by atoms with E-state index in [-0.39, 0.29) is 17.9 Å². The third kappa shape index (κ3) is 4.73. The van der Waals surface area contributed by atoms with E-state index in [4.69, 9.17) is 14.5 Å². The lowest BCUT2D eigenvalue weighted by Crippen LogP contribution is -2.50. The number of imidazole rings is 1. The van der Waals surface area contributed by atoms with E-state index in [0.717, 1.165) is 55.5 Å². The smallest absolute Gasteiger partial charge is 0.335 e. The fraction of sp³-hybridized carbons (Fsp3) is 0.440. The van der Waals surface area contributed by atoms with E-state index in [1.165, 1.54) is 0 Å². The summed E-state index contributed by atoms with van der Waals surface area (Å²) >= 11 is 0. The van der Waals surface area contributed by atoms with Crippen LogP contribution in [0.1, 0.15) is 43.1 Å². The Morgan fingerprint density at radius 2 is 1.82 bits per heavy atom. The molecule has 33 heavy (non-hydrogen) atoms. The second-order valence-corrected chi connectivity index (χ2v) is 8.29. The Morgan fingerprint density at radius 1 is 1.09 bits per heavy atom. The number of anilines is 1. The first-order chi connectivity index (χ1) is 15.9. The fourth-order valence-corrected chi connectivity index (χ4v) is 4.40. The van der Waals surface area contributed by atoms with Gasteiger partial charge in [-0.25, -0.2) is 9.78 Å². The van der Waals surface area contributed by atoms with Crippen molar-refractivity contribution in [1.82, 2.24) is 14.5 Å². The molecule has 2 atom stereocenters. The topological polar surface area (TPSA) is 80.1 Å². The number of benzene rings is 2. The highest BCUT2D eigenvalue weighted by molar-refractivity contribution is 5.93.